The highest BCUT2D eigenvalue weighted by Gasteiger charge is 2.30. The highest BCUT2D eigenvalue weighted by atomic mass is 32.2. The zero-order chi connectivity index (χ0) is 33.6. The first-order valence-electron chi connectivity index (χ1n) is 15.2. The molecule has 0 spiro atoms. The summed E-state index contributed by atoms with van der Waals surface area (Å²) in [5.41, 5.74) is 3.42. The lowest BCUT2D eigenvalue weighted by Crippen LogP contribution is -2.17. The van der Waals surface area contributed by atoms with Crippen molar-refractivity contribution in [3.05, 3.63) is 89.7 Å². The molecule has 9 nitrogen and oxygen atoms in total. The van der Waals surface area contributed by atoms with Crippen molar-refractivity contribution in [3.63, 3.8) is 0 Å². The van der Waals surface area contributed by atoms with Gasteiger partial charge in [0.05, 0.1) is 65.2 Å². The SMILES string of the molecule is C=CSCCOCCOCCOCCOCCOCCCC(=O)c1cccc(-c2cc(Cc3ccc(OC(F)(F)F)cc3)ncn2)c1. The molecule has 2 aromatic carbocycles. The normalized spacial score (nSPS) is 11.5. The summed E-state index contributed by atoms with van der Waals surface area (Å²) in [7, 11) is 0. The van der Waals surface area contributed by atoms with Gasteiger partial charge in [-0.25, -0.2) is 9.97 Å². The highest BCUT2D eigenvalue weighted by Crippen LogP contribution is 2.24. The lowest BCUT2D eigenvalue weighted by Gasteiger charge is -2.09. The van der Waals surface area contributed by atoms with Crippen LogP contribution < -0.4 is 4.74 Å². The molecule has 0 N–H and O–H groups in total. The summed E-state index contributed by atoms with van der Waals surface area (Å²) in [5.74, 6) is 0.609. The fraction of sp³-hybridized carbons (Fsp3) is 0.441. The van der Waals surface area contributed by atoms with Crippen LogP contribution in [0.25, 0.3) is 11.3 Å². The Balaban J connectivity index is 1.26. The van der Waals surface area contributed by atoms with Crippen molar-refractivity contribution in [1.29, 1.82) is 0 Å². The number of nitrogens with zero attached hydrogens (tertiary/aromatic N) is 2. The smallest absolute Gasteiger partial charge is 0.406 e. The molecule has 47 heavy (non-hydrogen) atoms. The maximum absolute atomic E-state index is 12.8. The molecule has 0 radical (unpaired) electrons. The Morgan fingerprint density at radius 1 is 0.787 bits per heavy atom. The number of aromatic nitrogens is 2. The van der Waals surface area contributed by atoms with Crippen LogP contribution in [0.1, 0.15) is 34.5 Å². The summed E-state index contributed by atoms with van der Waals surface area (Å²) in [5, 5.41) is 1.80. The van der Waals surface area contributed by atoms with Crippen molar-refractivity contribution in [2.75, 3.05) is 71.8 Å². The van der Waals surface area contributed by atoms with E-state index in [4.69, 9.17) is 23.7 Å². The van der Waals surface area contributed by atoms with E-state index < -0.39 is 6.36 Å². The number of ketones is 1. The van der Waals surface area contributed by atoms with Gasteiger partial charge in [-0.15, -0.1) is 24.9 Å². The molecule has 0 saturated carbocycles. The number of Topliss-reactive ketones (excluding diaryl/α,β-unsaturated/α-hetero) is 1. The van der Waals surface area contributed by atoms with Crippen molar-refractivity contribution in [2.45, 2.75) is 25.6 Å². The first-order valence-corrected chi connectivity index (χ1v) is 16.3. The molecule has 0 saturated heterocycles. The van der Waals surface area contributed by atoms with Gasteiger partial charge >= 0.3 is 6.36 Å². The molecule has 13 heteroatoms. The van der Waals surface area contributed by atoms with Crippen LogP contribution in [0.5, 0.6) is 5.75 Å². The van der Waals surface area contributed by atoms with Crippen molar-refractivity contribution >= 4 is 17.5 Å². The molecule has 1 aromatic heterocycles. The molecule has 1 heterocycles. The van der Waals surface area contributed by atoms with E-state index >= 15 is 0 Å². The molecular weight excluding hydrogens is 637 g/mol. The molecule has 3 aromatic rings. The molecule has 0 amide bonds. The Kier molecular flexibility index (Phi) is 18.1. The van der Waals surface area contributed by atoms with Crippen LogP contribution in [0.2, 0.25) is 0 Å². The average Bonchev–Trinajstić information content (AvgIpc) is 3.06. The predicted octanol–water partition coefficient (Wildman–Crippen LogP) is 6.56. The second-order valence-electron chi connectivity index (χ2n) is 9.97. The molecule has 0 fully saturated rings. The van der Waals surface area contributed by atoms with Crippen LogP contribution in [-0.4, -0.2) is 93.9 Å². The third kappa shape index (κ3) is 16.9. The van der Waals surface area contributed by atoms with Gasteiger partial charge in [0.15, 0.2) is 5.78 Å². The monoisotopic (exact) mass is 678 g/mol. The summed E-state index contributed by atoms with van der Waals surface area (Å²) < 4.78 is 68.6. The lowest BCUT2D eigenvalue weighted by atomic mass is 10.0. The number of halogens is 3. The number of ether oxygens (including phenoxy) is 6. The van der Waals surface area contributed by atoms with Gasteiger partial charge in [-0.05, 0) is 41.7 Å². The molecule has 0 bridgehead atoms. The second-order valence-corrected chi connectivity index (χ2v) is 11.0. The molecule has 0 aliphatic rings. The molecule has 3 rings (SSSR count). The summed E-state index contributed by atoms with van der Waals surface area (Å²) >= 11 is 1.62. The van der Waals surface area contributed by atoms with Gasteiger partial charge in [0.1, 0.15) is 12.1 Å². The summed E-state index contributed by atoms with van der Waals surface area (Å²) in [6.45, 7) is 8.67. The number of thioether (sulfide) groups is 1. The molecule has 0 aliphatic heterocycles. The van der Waals surface area contributed by atoms with Gasteiger partial charge in [-0.1, -0.05) is 36.9 Å². The zero-order valence-electron chi connectivity index (χ0n) is 26.3. The quantitative estimate of drug-likeness (QED) is 0.0725. The van der Waals surface area contributed by atoms with Gasteiger partial charge in [0, 0.05) is 42.0 Å². The first-order chi connectivity index (χ1) is 22.8. The minimum Gasteiger partial charge on any atom is -0.406 e. The van der Waals surface area contributed by atoms with E-state index in [2.05, 4.69) is 21.3 Å². The summed E-state index contributed by atoms with van der Waals surface area (Å²) in [6.07, 6.45) is -2.01. The Labute approximate surface area is 277 Å². The molecular formula is C34H41F3N2O7S. The van der Waals surface area contributed by atoms with Crippen LogP contribution in [0.15, 0.2) is 72.9 Å². The van der Waals surface area contributed by atoms with E-state index in [1.807, 2.05) is 6.07 Å². The number of carbonyl (C=O) groups excluding carboxylic acids is 1. The fourth-order valence-corrected chi connectivity index (χ4v) is 4.55. The molecule has 256 valence electrons. The maximum Gasteiger partial charge on any atom is 0.573 e. The number of benzene rings is 2. The van der Waals surface area contributed by atoms with Crippen LogP contribution in [0.4, 0.5) is 13.2 Å². The van der Waals surface area contributed by atoms with E-state index in [1.165, 1.54) is 18.5 Å². The zero-order valence-corrected chi connectivity index (χ0v) is 27.1. The van der Waals surface area contributed by atoms with Gasteiger partial charge in [0.2, 0.25) is 0 Å². The Hall–Kier alpha value is -3.33. The molecule has 0 unspecified atom stereocenters. The highest BCUT2D eigenvalue weighted by molar-refractivity contribution is 8.02. The standard InChI is InChI=1S/C34H41F3N2O7S/c1-2-47-22-21-45-20-19-44-18-17-43-16-15-42-14-13-41-12-4-7-33(40)29-6-3-5-28(24-29)32-25-30(38-26-39-32)23-27-8-10-31(11-9-27)46-34(35,36)37/h2-3,5-6,8-11,24-26H,1,4,7,12-23H2. The van der Waals surface area contributed by atoms with E-state index in [0.29, 0.717) is 102 Å². The largest absolute Gasteiger partial charge is 0.573 e. The molecule has 0 aliphatic carbocycles. The van der Waals surface area contributed by atoms with Crippen LogP contribution in [0, 0.1) is 0 Å². The lowest BCUT2D eigenvalue weighted by molar-refractivity contribution is -0.274. The van der Waals surface area contributed by atoms with E-state index in [9.17, 15) is 18.0 Å². The predicted molar refractivity (Wildman–Crippen MR) is 174 cm³/mol. The first kappa shape index (κ1) is 38.1. The van der Waals surface area contributed by atoms with Gasteiger partial charge in [-0.3, -0.25) is 4.79 Å². The van der Waals surface area contributed by atoms with Crippen molar-refractivity contribution in [1.82, 2.24) is 9.97 Å². The van der Waals surface area contributed by atoms with Crippen LogP contribution in [-0.2, 0) is 30.1 Å². The Morgan fingerprint density at radius 3 is 2.02 bits per heavy atom. The minimum absolute atomic E-state index is 0.00147. The Morgan fingerprint density at radius 2 is 1.40 bits per heavy atom. The summed E-state index contributed by atoms with van der Waals surface area (Å²) in [6, 6.07) is 14.7. The van der Waals surface area contributed by atoms with Crippen molar-refractivity contribution < 1.29 is 46.4 Å². The van der Waals surface area contributed by atoms with Crippen LogP contribution in [0.3, 0.4) is 0 Å². The minimum atomic E-state index is -4.74. The van der Waals surface area contributed by atoms with Gasteiger partial charge in [-0.2, -0.15) is 0 Å². The van der Waals surface area contributed by atoms with E-state index in [-0.39, 0.29) is 11.5 Å². The fourth-order valence-electron chi connectivity index (χ4n) is 4.17. The van der Waals surface area contributed by atoms with Crippen molar-refractivity contribution in [3.8, 4) is 17.0 Å². The maximum atomic E-state index is 12.8. The Bertz CT molecular complexity index is 1330. The van der Waals surface area contributed by atoms with Crippen LogP contribution >= 0.6 is 11.8 Å². The van der Waals surface area contributed by atoms with E-state index in [0.717, 1.165) is 16.9 Å². The number of alkyl halides is 3. The van der Waals surface area contributed by atoms with E-state index in [1.54, 1.807) is 53.6 Å². The number of hydrogen-bond donors (Lipinski definition) is 0. The number of rotatable bonds is 25. The third-order valence-electron chi connectivity index (χ3n) is 6.39. The number of hydrogen-bond acceptors (Lipinski definition) is 10. The third-order valence-corrected chi connectivity index (χ3v) is 7.03. The number of carbonyl (C=O) groups is 1. The topological polar surface area (TPSA) is 98.2 Å². The second kappa shape index (κ2) is 22.3. The summed E-state index contributed by atoms with van der Waals surface area (Å²) in [4.78, 5) is 21.4. The average molecular weight is 679 g/mol. The molecule has 0 atom stereocenters. The van der Waals surface area contributed by atoms with Crippen molar-refractivity contribution in [2.24, 2.45) is 0 Å². The van der Waals surface area contributed by atoms with Gasteiger partial charge in [0.25, 0.3) is 0 Å². The van der Waals surface area contributed by atoms with Gasteiger partial charge < -0.3 is 28.4 Å².